The van der Waals surface area contributed by atoms with Gasteiger partial charge in [0.25, 0.3) is 5.91 Å². The highest BCUT2D eigenvalue weighted by atomic mass is 32.1. The summed E-state index contributed by atoms with van der Waals surface area (Å²) in [6.45, 7) is 2.37. The molecule has 1 aromatic carbocycles. The number of amides is 1. The first kappa shape index (κ1) is 13.4. The number of nitrogens with zero attached hydrogens (tertiary/aromatic N) is 1. The highest BCUT2D eigenvalue weighted by molar-refractivity contribution is 7.09. The molecule has 2 rings (SSSR count). The lowest BCUT2D eigenvalue weighted by Gasteiger charge is -2.09. The number of hydrogen-bond acceptors (Lipinski definition) is 5. The number of nitrogen functional groups attached to an aromatic ring is 1. The van der Waals surface area contributed by atoms with Crippen LogP contribution in [0.1, 0.15) is 20.9 Å². The third-order valence-electron chi connectivity index (χ3n) is 2.72. The zero-order valence-corrected chi connectivity index (χ0v) is 11.6. The second-order valence-corrected chi connectivity index (χ2v) is 4.94. The predicted octanol–water partition coefficient (Wildman–Crippen LogP) is 1.97. The molecule has 1 amide bonds. The van der Waals surface area contributed by atoms with Gasteiger partial charge in [-0.3, -0.25) is 4.79 Å². The molecule has 19 heavy (non-hydrogen) atoms. The minimum absolute atomic E-state index is 0.211. The summed E-state index contributed by atoms with van der Waals surface area (Å²) in [5.41, 5.74) is 9.35. The van der Waals surface area contributed by atoms with Gasteiger partial charge in [-0.05, 0) is 25.1 Å². The largest absolute Gasteiger partial charge is 0.496 e. The van der Waals surface area contributed by atoms with Crippen LogP contribution in [-0.4, -0.2) is 18.0 Å². The summed E-state index contributed by atoms with van der Waals surface area (Å²) in [5.74, 6) is 0.296. The Kier molecular flexibility index (Phi) is 4.01. The van der Waals surface area contributed by atoms with Crippen LogP contribution in [0.15, 0.2) is 23.7 Å². The van der Waals surface area contributed by atoms with E-state index >= 15 is 0 Å². The van der Waals surface area contributed by atoms with E-state index in [-0.39, 0.29) is 5.91 Å². The number of methoxy groups -OCH3 is 1. The van der Waals surface area contributed by atoms with E-state index < -0.39 is 0 Å². The fourth-order valence-corrected chi connectivity index (χ4v) is 2.37. The minimum atomic E-state index is -0.211. The summed E-state index contributed by atoms with van der Waals surface area (Å²) in [6.07, 6.45) is 0. The number of ether oxygens (including phenoxy) is 1. The molecule has 6 heteroatoms. The smallest absolute Gasteiger partial charge is 0.255 e. The molecule has 5 nitrogen and oxygen atoms in total. The average molecular weight is 277 g/mol. The molecule has 3 N–H and O–H groups in total. The van der Waals surface area contributed by atoms with Crippen LogP contribution in [0, 0.1) is 6.92 Å². The van der Waals surface area contributed by atoms with Gasteiger partial charge in [-0.2, -0.15) is 0 Å². The Labute approximate surface area is 115 Å². The molecule has 0 aliphatic heterocycles. The van der Waals surface area contributed by atoms with Crippen molar-refractivity contribution in [2.45, 2.75) is 13.5 Å². The summed E-state index contributed by atoms with van der Waals surface area (Å²) in [4.78, 5) is 17.3. The molecule has 1 aromatic heterocycles. The average Bonchev–Trinajstić information content (AvgIpc) is 2.81. The van der Waals surface area contributed by atoms with E-state index in [0.29, 0.717) is 23.5 Å². The van der Waals surface area contributed by atoms with Gasteiger partial charge in [0.15, 0.2) is 0 Å². The van der Waals surface area contributed by atoms with E-state index in [0.717, 1.165) is 10.6 Å². The maximum absolute atomic E-state index is 12.1. The molecular formula is C13H15N3O2S. The zero-order valence-electron chi connectivity index (χ0n) is 10.8. The van der Waals surface area contributed by atoms with Crippen LogP contribution in [0.3, 0.4) is 0 Å². The normalized spacial score (nSPS) is 10.2. The van der Waals surface area contributed by atoms with Crippen molar-refractivity contribution >= 4 is 22.9 Å². The maximum atomic E-state index is 12.1. The van der Waals surface area contributed by atoms with Crippen LogP contribution in [0.5, 0.6) is 5.75 Å². The van der Waals surface area contributed by atoms with Gasteiger partial charge in [0.2, 0.25) is 0 Å². The number of benzene rings is 1. The molecule has 0 bridgehead atoms. The summed E-state index contributed by atoms with van der Waals surface area (Å²) < 4.78 is 5.16. The Hall–Kier alpha value is -2.08. The van der Waals surface area contributed by atoms with Crippen molar-refractivity contribution in [1.82, 2.24) is 10.3 Å². The molecule has 0 aliphatic rings. The van der Waals surface area contributed by atoms with E-state index in [4.69, 9.17) is 10.5 Å². The number of nitrogens with two attached hydrogens (primary N) is 1. The molecule has 0 saturated heterocycles. The fourth-order valence-electron chi connectivity index (χ4n) is 1.65. The number of thiazole rings is 1. The third kappa shape index (κ3) is 3.03. The van der Waals surface area contributed by atoms with E-state index in [2.05, 4.69) is 10.3 Å². The summed E-state index contributed by atoms with van der Waals surface area (Å²) in [5, 5.41) is 2.84. The summed E-state index contributed by atoms with van der Waals surface area (Å²) in [6, 6.07) is 4.98. The van der Waals surface area contributed by atoms with Gasteiger partial charge in [0.1, 0.15) is 5.75 Å². The SMILES string of the molecule is COc1ccc(N)cc1C(=O)NCc1scnc1C. The molecule has 0 spiro atoms. The number of carbonyl (C=O) groups excluding carboxylic acids is 1. The molecule has 0 fully saturated rings. The van der Waals surface area contributed by atoms with Crippen LogP contribution >= 0.6 is 11.3 Å². The van der Waals surface area contributed by atoms with Crippen LogP contribution in [0.4, 0.5) is 5.69 Å². The van der Waals surface area contributed by atoms with Crippen molar-refractivity contribution in [1.29, 1.82) is 0 Å². The first-order valence-corrected chi connectivity index (χ1v) is 6.60. The number of carbonyl (C=O) groups is 1. The van der Waals surface area contributed by atoms with Crippen LogP contribution in [0.2, 0.25) is 0 Å². The zero-order chi connectivity index (χ0) is 13.8. The molecule has 100 valence electrons. The van der Waals surface area contributed by atoms with Crippen molar-refractivity contribution in [3.63, 3.8) is 0 Å². The molecule has 0 aliphatic carbocycles. The van der Waals surface area contributed by atoms with Crippen molar-refractivity contribution < 1.29 is 9.53 Å². The van der Waals surface area contributed by atoms with Gasteiger partial charge in [0, 0.05) is 10.6 Å². The van der Waals surface area contributed by atoms with Gasteiger partial charge >= 0.3 is 0 Å². The Morgan fingerprint density at radius 1 is 1.53 bits per heavy atom. The number of nitrogens with one attached hydrogen (secondary N) is 1. The number of aromatic nitrogens is 1. The Bertz CT molecular complexity index is 595. The monoisotopic (exact) mass is 277 g/mol. The second kappa shape index (κ2) is 5.71. The summed E-state index contributed by atoms with van der Waals surface area (Å²) in [7, 11) is 1.52. The van der Waals surface area contributed by atoms with E-state index in [1.54, 1.807) is 23.7 Å². The Balaban J connectivity index is 2.12. The van der Waals surface area contributed by atoms with Crippen molar-refractivity contribution in [3.05, 3.63) is 39.8 Å². The third-order valence-corrected chi connectivity index (χ3v) is 3.66. The van der Waals surface area contributed by atoms with Gasteiger partial charge < -0.3 is 15.8 Å². The number of hydrogen-bond donors (Lipinski definition) is 2. The first-order valence-electron chi connectivity index (χ1n) is 5.72. The number of rotatable bonds is 4. The van der Waals surface area contributed by atoms with E-state index in [1.165, 1.54) is 18.4 Å². The molecule has 0 saturated carbocycles. The van der Waals surface area contributed by atoms with E-state index in [1.807, 2.05) is 6.92 Å². The molecule has 1 heterocycles. The van der Waals surface area contributed by atoms with Crippen LogP contribution < -0.4 is 15.8 Å². The quantitative estimate of drug-likeness (QED) is 0.838. The van der Waals surface area contributed by atoms with Crippen LogP contribution in [-0.2, 0) is 6.54 Å². The first-order chi connectivity index (χ1) is 9.11. The van der Waals surface area contributed by atoms with Crippen molar-refractivity contribution in [2.75, 3.05) is 12.8 Å². The topological polar surface area (TPSA) is 77.2 Å². The minimum Gasteiger partial charge on any atom is -0.496 e. The molecule has 0 radical (unpaired) electrons. The molecule has 0 unspecified atom stereocenters. The number of anilines is 1. The lowest BCUT2D eigenvalue weighted by Crippen LogP contribution is -2.23. The number of aryl methyl sites for hydroxylation is 1. The van der Waals surface area contributed by atoms with Gasteiger partial charge in [-0.25, -0.2) is 4.98 Å². The molecular weight excluding hydrogens is 262 g/mol. The summed E-state index contributed by atoms with van der Waals surface area (Å²) >= 11 is 1.52. The maximum Gasteiger partial charge on any atom is 0.255 e. The molecule has 2 aromatic rings. The van der Waals surface area contributed by atoms with Gasteiger partial charge in [-0.15, -0.1) is 11.3 Å². The van der Waals surface area contributed by atoms with E-state index in [9.17, 15) is 4.79 Å². The second-order valence-electron chi connectivity index (χ2n) is 4.00. The standard InChI is InChI=1S/C13H15N3O2S/c1-8-12(19-7-16-8)6-15-13(17)10-5-9(14)3-4-11(10)18-2/h3-5,7H,6,14H2,1-2H3,(H,15,17). The lowest BCUT2D eigenvalue weighted by molar-refractivity contribution is 0.0948. The van der Waals surface area contributed by atoms with Crippen molar-refractivity contribution in [2.24, 2.45) is 0 Å². The van der Waals surface area contributed by atoms with Gasteiger partial charge in [-0.1, -0.05) is 0 Å². The van der Waals surface area contributed by atoms with Crippen LogP contribution in [0.25, 0.3) is 0 Å². The Morgan fingerprint density at radius 2 is 2.32 bits per heavy atom. The lowest BCUT2D eigenvalue weighted by atomic mass is 10.1. The van der Waals surface area contributed by atoms with Crippen molar-refractivity contribution in [3.8, 4) is 5.75 Å². The Morgan fingerprint density at radius 3 is 2.95 bits per heavy atom. The van der Waals surface area contributed by atoms with Gasteiger partial charge in [0.05, 0.1) is 30.4 Å². The highest BCUT2D eigenvalue weighted by Gasteiger charge is 2.13. The fraction of sp³-hybridized carbons (Fsp3) is 0.231. The predicted molar refractivity (Wildman–Crippen MR) is 75.4 cm³/mol. The molecule has 0 atom stereocenters. The highest BCUT2D eigenvalue weighted by Crippen LogP contribution is 2.21.